The molecule has 0 amide bonds. The molecule has 10 aromatic rings. The molecule has 0 saturated heterocycles. The van der Waals surface area contributed by atoms with Crippen LogP contribution in [-0.2, 0) is 0 Å². The van der Waals surface area contributed by atoms with Crippen LogP contribution >= 0.6 is 0 Å². The van der Waals surface area contributed by atoms with E-state index >= 15 is 0 Å². The highest BCUT2D eigenvalue weighted by atomic mass is 15.0. The molecule has 0 N–H and O–H groups in total. The van der Waals surface area contributed by atoms with Gasteiger partial charge in [-0.3, -0.25) is 4.57 Å². The maximum Gasteiger partial charge on any atom is 0.145 e. The van der Waals surface area contributed by atoms with Gasteiger partial charge in [0, 0.05) is 44.6 Å². The van der Waals surface area contributed by atoms with Gasteiger partial charge in [-0.25, -0.2) is 9.97 Å². The van der Waals surface area contributed by atoms with Crippen LogP contribution < -0.4 is 0 Å². The van der Waals surface area contributed by atoms with Crippen molar-refractivity contribution in [3.05, 3.63) is 182 Å². The van der Waals surface area contributed by atoms with Crippen LogP contribution in [0.25, 0.3) is 88.8 Å². The van der Waals surface area contributed by atoms with E-state index in [9.17, 15) is 0 Å². The van der Waals surface area contributed by atoms with Crippen molar-refractivity contribution < 1.29 is 0 Å². The van der Waals surface area contributed by atoms with Gasteiger partial charge in [0.05, 0.1) is 33.6 Å². The molecule has 0 aliphatic carbocycles. The van der Waals surface area contributed by atoms with E-state index < -0.39 is 0 Å². The molecule has 0 aliphatic rings. The number of fused-ring (bicyclic) bond motifs is 6. The highest BCUT2D eigenvalue weighted by Crippen LogP contribution is 2.38. The van der Waals surface area contributed by atoms with E-state index in [1.54, 1.807) is 0 Å². The maximum absolute atomic E-state index is 5.13. The van der Waals surface area contributed by atoms with E-state index in [0.717, 1.165) is 61.4 Å². The van der Waals surface area contributed by atoms with Crippen molar-refractivity contribution in [2.75, 3.05) is 0 Å². The molecule has 4 nitrogen and oxygen atoms in total. The lowest BCUT2D eigenvalue weighted by Crippen LogP contribution is -1.99. The molecule has 4 heterocycles. The summed E-state index contributed by atoms with van der Waals surface area (Å²) in [7, 11) is 0. The van der Waals surface area contributed by atoms with Crippen molar-refractivity contribution in [2.24, 2.45) is 0 Å². The van der Waals surface area contributed by atoms with Gasteiger partial charge in [-0.2, -0.15) is 0 Å². The normalized spacial score (nSPS) is 11.6. The van der Waals surface area contributed by atoms with Crippen molar-refractivity contribution in [2.45, 2.75) is 0 Å². The highest BCUT2D eigenvalue weighted by molar-refractivity contribution is 6.12. The quantitative estimate of drug-likeness (QED) is 0.188. The highest BCUT2D eigenvalue weighted by Gasteiger charge is 2.18. The lowest BCUT2D eigenvalue weighted by Gasteiger charge is -2.13. The summed E-state index contributed by atoms with van der Waals surface area (Å²) in [5.74, 6) is 0. The second-order valence-corrected chi connectivity index (χ2v) is 12.7. The van der Waals surface area contributed by atoms with Gasteiger partial charge in [0.2, 0.25) is 0 Å². The fourth-order valence-electron chi connectivity index (χ4n) is 7.45. The number of nitrogens with zero attached hydrogens (tertiary/aromatic N) is 4. The molecule has 0 saturated carbocycles. The summed E-state index contributed by atoms with van der Waals surface area (Å²) in [6.45, 7) is 0. The van der Waals surface area contributed by atoms with E-state index in [4.69, 9.17) is 9.97 Å². The van der Waals surface area contributed by atoms with Gasteiger partial charge in [0.25, 0.3) is 0 Å². The lowest BCUT2D eigenvalue weighted by molar-refractivity contribution is 1.12. The van der Waals surface area contributed by atoms with Crippen molar-refractivity contribution in [3.8, 4) is 45.0 Å². The Morgan fingerprint density at radius 1 is 0.340 bits per heavy atom. The van der Waals surface area contributed by atoms with Crippen molar-refractivity contribution in [3.63, 3.8) is 0 Å². The molecule has 0 bridgehead atoms. The fraction of sp³-hybridized carbons (Fsp3) is 0. The molecular formula is C46H30N4. The number of hydrogen-bond donors (Lipinski definition) is 0. The average Bonchev–Trinajstić information content (AvgIpc) is 3.71. The van der Waals surface area contributed by atoms with Crippen LogP contribution in [0.2, 0.25) is 0 Å². The zero-order valence-corrected chi connectivity index (χ0v) is 27.1. The smallest absolute Gasteiger partial charge is 0.145 e. The minimum atomic E-state index is 0.920. The SMILES string of the molecule is c1ccc(-c2cc(-n3c4ccc(-c5ccc6c7ccccc7n(-c7ccccc7)c6c5)cc4c4cccnc43)cc(-c3ccccc3)n2)cc1. The first-order valence-corrected chi connectivity index (χ1v) is 16.9. The van der Waals surface area contributed by atoms with Crippen LogP contribution in [0.4, 0.5) is 0 Å². The molecular weight excluding hydrogens is 609 g/mol. The Bertz CT molecular complexity index is 2790. The number of hydrogen-bond acceptors (Lipinski definition) is 2. The molecule has 0 atom stereocenters. The lowest BCUT2D eigenvalue weighted by atomic mass is 10.0. The second kappa shape index (κ2) is 11.4. The molecule has 0 unspecified atom stereocenters. The van der Waals surface area contributed by atoms with Crippen LogP contribution in [0.5, 0.6) is 0 Å². The summed E-state index contributed by atoms with van der Waals surface area (Å²) < 4.78 is 4.66. The number of pyridine rings is 2. The van der Waals surface area contributed by atoms with Crippen LogP contribution in [0, 0.1) is 0 Å². The Morgan fingerprint density at radius 2 is 0.920 bits per heavy atom. The Balaban J connectivity index is 1.18. The van der Waals surface area contributed by atoms with Gasteiger partial charge in [-0.15, -0.1) is 0 Å². The van der Waals surface area contributed by atoms with Crippen LogP contribution in [-0.4, -0.2) is 19.1 Å². The van der Waals surface area contributed by atoms with Gasteiger partial charge >= 0.3 is 0 Å². The zero-order chi connectivity index (χ0) is 33.0. The number of benzene rings is 6. The first-order valence-electron chi connectivity index (χ1n) is 16.9. The van der Waals surface area contributed by atoms with E-state index in [0.29, 0.717) is 0 Å². The van der Waals surface area contributed by atoms with Crippen molar-refractivity contribution >= 4 is 43.7 Å². The van der Waals surface area contributed by atoms with Gasteiger partial charge in [-0.05, 0) is 71.8 Å². The number of para-hydroxylation sites is 2. The maximum atomic E-state index is 5.13. The largest absolute Gasteiger partial charge is 0.309 e. The van der Waals surface area contributed by atoms with Gasteiger partial charge in [-0.1, -0.05) is 115 Å². The van der Waals surface area contributed by atoms with E-state index in [2.05, 4.69) is 167 Å². The van der Waals surface area contributed by atoms with Gasteiger partial charge in [0.1, 0.15) is 5.65 Å². The molecule has 4 aromatic heterocycles. The zero-order valence-electron chi connectivity index (χ0n) is 27.1. The third-order valence-corrected chi connectivity index (χ3v) is 9.76. The monoisotopic (exact) mass is 638 g/mol. The number of aromatic nitrogens is 4. The van der Waals surface area contributed by atoms with E-state index in [1.807, 2.05) is 24.4 Å². The first kappa shape index (κ1) is 28.3. The predicted octanol–water partition coefficient (Wildman–Crippen LogP) is 11.7. The molecule has 0 radical (unpaired) electrons. The predicted molar refractivity (Wildman–Crippen MR) is 207 cm³/mol. The molecule has 0 fully saturated rings. The summed E-state index contributed by atoms with van der Waals surface area (Å²) in [4.78, 5) is 10.1. The second-order valence-electron chi connectivity index (χ2n) is 12.7. The molecule has 234 valence electrons. The van der Waals surface area contributed by atoms with E-state index in [1.165, 1.54) is 27.4 Å². The van der Waals surface area contributed by atoms with Gasteiger partial charge < -0.3 is 4.57 Å². The molecule has 50 heavy (non-hydrogen) atoms. The standard InChI is InChI=1S/C46H30N4/c1-4-13-31(14-5-1)41-29-36(30-42(48-41)32-15-6-2-7-16-32)50-44-25-23-33(27-40(44)39-20-12-26-47-46(39)50)34-22-24-38-37-19-10-11-21-43(37)49(45(38)28-34)35-17-8-3-9-18-35/h1-30H. The summed E-state index contributed by atoms with van der Waals surface area (Å²) >= 11 is 0. The minimum absolute atomic E-state index is 0.920. The third-order valence-electron chi connectivity index (χ3n) is 9.76. The van der Waals surface area contributed by atoms with Crippen molar-refractivity contribution in [1.82, 2.24) is 19.1 Å². The summed E-state index contributed by atoms with van der Waals surface area (Å²) in [5, 5.41) is 4.78. The summed E-state index contributed by atoms with van der Waals surface area (Å²) in [6.07, 6.45) is 1.88. The summed E-state index contributed by atoms with van der Waals surface area (Å²) in [5.41, 5.74) is 12.9. The first-order chi connectivity index (χ1) is 24.8. The topological polar surface area (TPSA) is 35.6 Å². The fourth-order valence-corrected chi connectivity index (χ4v) is 7.45. The Morgan fingerprint density at radius 3 is 1.66 bits per heavy atom. The van der Waals surface area contributed by atoms with Crippen LogP contribution in [0.1, 0.15) is 0 Å². The Hall–Kier alpha value is -6.78. The number of rotatable bonds is 5. The third kappa shape index (κ3) is 4.54. The Kier molecular flexibility index (Phi) is 6.46. The molecule has 0 aliphatic heterocycles. The van der Waals surface area contributed by atoms with Crippen molar-refractivity contribution in [1.29, 1.82) is 0 Å². The average molecular weight is 639 g/mol. The van der Waals surface area contributed by atoms with Crippen LogP contribution in [0.15, 0.2) is 182 Å². The molecule has 6 aromatic carbocycles. The van der Waals surface area contributed by atoms with E-state index in [-0.39, 0.29) is 0 Å². The molecule has 10 rings (SSSR count). The van der Waals surface area contributed by atoms with Crippen LogP contribution in [0.3, 0.4) is 0 Å². The summed E-state index contributed by atoms with van der Waals surface area (Å²) in [6, 6.07) is 62.3. The Labute approximate surface area is 289 Å². The molecule has 0 spiro atoms. The van der Waals surface area contributed by atoms with Gasteiger partial charge in [0.15, 0.2) is 0 Å². The molecule has 4 heteroatoms. The minimum Gasteiger partial charge on any atom is -0.309 e.